The average molecular weight is 506 g/mol. The number of amides is 2. The number of hydrogen-bond donors (Lipinski definition) is 3. The van der Waals surface area contributed by atoms with E-state index in [-0.39, 0.29) is 11.4 Å². The smallest absolute Gasteiger partial charge is 0.323 e. The number of aromatic nitrogens is 2. The fourth-order valence-corrected chi connectivity index (χ4v) is 3.65. The number of urea groups is 1. The summed E-state index contributed by atoms with van der Waals surface area (Å²) in [6, 6.07) is 8.07. The molecule has 0 aliphatic heterocycles. The molecule has 0 bridgehead atoms. The highest BCUT2D eigenvalue weighted by molar-refractivity contribution is 9.10. The van der Waals surface area contributed by atoms with Crippen molar-refractivity contribution >= 4 is 33.3 Å². The minimum Gasteiger partial charge on any atom is -0.506 e. The Labute approximate surface area is 194 Å². The van der Waals surface area contributed by atoms with E-state index in [0.29, 0.717) is 18.0 Å². The Morgan fingerprint density at radius 2 is 2.03 bits per heavy atom. The molecule has 170 valence electrons. The zero-order chi connectivity index (χ0) is 23.3. The Balaban J connectivity index is 1.81. The summed E-state index contributed by atoms with van der Waals surface area (Å²) in [5, 5.41) is 19.3. The molecular weight excluding hydrogens is 481 g/mol. The Kier molecular flexibility index (Phi) is 7.70. The molecule has 3 N–H and O–H groups in total. The number of phenols is 1. The molecule has 3 aromatic rings. The lowest BCUT2D eigenvalue weighted by molar-refractivity contribution is 0.262. The number of phenolic OH excluding ortho intramolecular Hbond substituents is 1. The molecule has 0 unspecified atom stereocenters. The Morgan fingerprint density at radius 1 is 1.25 bits per heavy atom. The van der Waals surface area contributed by atoms with Crippen LogP contribution in [0.25, 0.3) is 11.3 Å². The van der Waals surface area contributed by atoms with Gasteiger partial charge in [0.1, 0.15) is 17.3 Å². The van der Waals surface area contributed by atoms with Gasteiger partial charge in [-0.1, -0.05) is 0 Å². The van der Waals surface area contributed by atoms with Gasteiger partial charge in [0, 0.05) is 30.9 Å². The van der Waals surface area contributed by atoms with E-state index in [4.69, 9.17) is 4.74 Å². The molecule has 0 saturated carbocycles. The van der Waals surface area contributed by atoms with Gasteiger partial charge in [0.15, 0.2) is 0 Å². The number of ether oxygens (including phenoxy) is 1. The summed E-state index contributed by atoms with van der Waals surface area (Å²) in [7, 11) is 5.84. The minimum absolute atomic E-state index is 0.0966. The number of nitrogens with one attached hydrogen (secondary N) is 2. The molecule has 1 aromatic heterocycles. The molecule has 0 fully saturated rings. The van der Waals surface area contributed by atoms with Crippen LogP contribution in [0.4, 0.5) is 20.6 Å². The third-order valence-corrected chi connectivity index (χ3v) is 5.18. The molecule has 1 heterocycles. The first-order chi connectivity index (χ1) is 15.2. The molecule has 0 radical (unpaired) electrons. The van der Waals surface area contributed by atoms with Gasteiger partial charge in [-0.3, -0.25) is 4.68 Å². The number of halogens is 2. The summed E-state index contributed by atoms with van der Waals surface area (Å²) < 4.78 is 21.7. The monoisotopic (exact) mass is 505 g/mol. The molecule has 0 atom stereocenters. The van der Waals surface area contributed by atoms with Gasteiger partial charge < -0.3 is 25.4 Å². The molecule has 2 aromatic carbocycles. The predicted molar refractivity (Wildman–Crippen MR) is 126 cm³/mol. The van der Waals surface area contributed by atoms with Crippen LogP contribution in [0.1, 0.15) is 6.42 Å². The summed E-state index contributed by atoms with van der Waals surface area (Å²) in [6.07, 6.45) is 2.55. The van der Waals surface area contributed by atoms with Gasteiger partial charge in [0.05, 0.1) is 28.7 Å². The summed E-state index contributed by atoms with van der Waals surface area (Å²) in [6.45, 7) is 1.44. The molecule has 3 rings (SSSR count). The van der Waals surface area contributed by atoms with Crippen LogP contribution in [0.5, 0.6) is 11.5 Å². The maximum atomic E-state index is 13.2. The van der Waals surface area contributed by atoms with Crippen LogP contribution in [0, 0.1) is 5.82 Å². The van der Waals surface area contributed by atoms with Crippen molar-refractivity contribution in [1.82, 2.24) is 14.7 Å². The van der Waals surface area contributed by atoms with Gasteiger partial charge in [0.25, 0.3) is 0 Å². The topological polar surface area (TPSA) is 91.7 Å². The van der Waals surface area contributed by atoms with E-state index < -0.39 is 11.8 Å². The zero-order valence-corrected chi connectivity index (χ0v) is 19.6. The number of aromatic hydroxyl groups is 1. The number of benzene rings is 2. The second-order valence-electron chi connectivity index (χ2n) is 7.42. The fourth-order valence-electron chi connectivity index (χ4n) is 3.09. The lowest BCUT2D eigenvalue weighted by atomic mass is 10.1. The number of aryl methyl sites for hydroxylation is 1. The summed E-state index contributed by atoms with van der Waals surface area (Å²) in [5.74, 6) is -0.294. The highest BCUT2D eigenvalue weighted by Gasteiger charge is 2.16. The van der Waals surface area contributed by atoms with E-state index in [9.17, 15) is 14.3 Å². The first kappa shape index (κ1) is 23.6. The molecule has 0 saturated heterocycles. The SMILES string of the molecule is CN(C)CCCOc1ccc(NC(=O)Nc2ccc(F)cc2O)cc1-c1c(Br)cnn1C. The molecule has 10 heteroatoms. The number of anilines is 2. The fraction of sp³-hybridized carbons (Fsp3) is 0.273. The average Bonchev–Trinajstić information content (AvgIpc) is 3.06. The van der Waals surface area contributed by atoms with E-state index >= 15 is 0 Å². The van der Waals surface area contributed by atoms with E-state index in [1.54, 1.807) is 29.1 Å². The highest BCUT2D eigenvalue weighted by atomic mass is 79.9. The van der Waals surface area contributed by atoms with Gasteiger partial charge in [-0.05, 0) is 66.8 Å². The molecule has 0 spiro atoms. The molecule has 0 aliphatic rings. The van der Waals surface area contributed by atoms with Gasteiger partial charge in [-0.2, -0.15) is 5.10 Å². The Bertz CT molecular complexity index is 1080. The van der Waals surface area contributed by atoms with Crippen LogP contribution >= 0.6 is 15.9 Å². The van der Waals surface area contributed by atoms with Crippen molar-refractivity contribution in [1.29, 1.82) is 0 Å². The molecule has 0 aliphatic carbocycles. The Hall–Kier alpha value is -3.11. The van der Waals surface area contributed by atoms with Crippen LogP contribution in [-0.2, 0) is 7.05 Å². The molecular formula is C22H25BrFN5O3. The standard InChI is InChI=1S/C22H25BrFN5O3/c1-28(2)9-4-10-32-20-8-6-15(12-16(20)21-17(23)13-25-29(21)3)26-22(31)27-18-7-5-14(24)11-19(18)30/h5-8,11-13,30H,4,9-10H2,1-3H3,(H2,26,27,31). The Morgan fingerprint density at radius 3 is 2.69 bits per heavy atom. The third-order valence-electron chi connectivity index (χ3n) is 4.60. The number of hydrogen-bond acceptors (Lipinski definition) is 5. The van der Waals surface area contributed by atoms with E-state index in [0.717, 1.165) is 40.8 Å². The summed E-state index contributed by atoms with van der Waals surface area (Å²) >= 11 is 3.52. The van der Waals surface area contributed by atoms with Crippen LogP contribution < -0.4 is 15.4 Å². The van der Waals surface area contributed by atoms with Crippen molar-refractivity contribution in [2.24, 2.45) is 7.05 Å². The van der Waals surface area contributed by atoms with Crippen molar-refractivity contribution in [3.05, 3.63) is 52.9 Å². The number of carbonyl (C=O) groups is 1. The van der Waals surface area contributed by atoms with Gasteiger partial charge in [0.2, 0.25) is 0 Å². The lowest BCUT2D eigenvalue weighted by Gasteiger charge is -2.16. The highest BCUT2D eigenvalue weighted by Crippen LogP contribution is 2.37. The van der Waals surface area contributed by atoms with Crippen molar-refractivity contribution in [2.45, 2.75) is 6.42 Å². The van der Waals surface area contributed by atoms with Crippen LogP contribution in [0.3, 0.4) is 0 Å². The van der Waals surface area contributed by atoms with Crippen LogP contribution in [-0.4, -0.2) is 53.1 Å². The molecule has 32 heavy (non-hydrogen) atoms. The van der Waals surface area contributed by atoms with Crippen molar-refractivity contribution < 1.29 is 19.0 Å². The first-order valence-electron chi connectivity index (χ1n) is 9.90. The van der Waals surface area contributed by atoms with E-state index in [1.807, 2.05) is 21.1 Å². The zero-order valence-electron chi connectivity index (χ0n) is 18.0. The summed E-state index contributed by atoms with van der Waals surface area (Å²) in [5.41, 5.74) is 2.16. The second-order valence-corrected chi connectivity index (χ2v) is 8.28. The van der Waals surface area contributed by atoms with Crippen molar-refractivity contribution in [3.8, 4) is 22.8 Å². The number of carbonyl (C=O) groups excluding carboxylic acids is 1. The lowest BCUT2D eigenvalue weighted by Crippen LogP contribution is -2.19. The number of nitrogens with zero attached hydrogens (tertiary/aromatic N) is 3. The van der Waals surface area contributed by atoms with E-state index in [1.165, 1.54) is 6.07 Å². The predicted octanol–water partition coefficient (Wildman–Crippen LogP) is 4.67. The third kappa shape index (κ3) is 5.98. The summed E-state index contributed by atoms with van der Waals surface area (Å²) in [4.78, 5) is 14.5. The largest absolute Gasteiger partial charge is 0.506 e. The quantitative estimate of drug-likeness (QED) is 0.305. The molecule has 2 amide bonds. The van der Waals surface area contributed by atoms with Gasteiger partial charge >= 0.3 is 6.03 Å². The van der Waals surface area contributed by atoms with Crippen molar-refractivity contribution in [2.75, 3.05) is 37.9 Å². The second kappa shape index (κ2) is 10.5. The normalized spacial score (nSPS) is 10.9. The maximum Gasteiger partial charge on any atom is 0.323 e. The first-order valence-corrected chi connectivity index (χ1v) is 10.7. The van der Waals surface area contributed by atoms with Gasteiger partial charge in [-0.15, -0.1) is 0 Å². The maximum absolute atomic E-state index is 13.2. The van der Waals surface area contributed by atoms with Gasteiger partial charge in [-0.25, -0.2) is 9.18 Å². The van der Waals surface area contributed by atoms with Crippen LogP contribution in [0.15, 0.2) is 47.1 Å². The molecule has 8 nitrogen and oxygen atoms in total. The van der Waals surface area contributed by atoms with Crippen molar-refractivity contribution in [3.63, 3.8) is 0 Å². The minimum atomic E-state index is -0.596. The van der Waals surface area contributed by atoms with Crippen LogP contribution in [0.2, 0.25) is 0 Å². The number of rotatable bonds is 8. The van der Waals surface area contributed by atoms with E-state index in [2.05, 4.69) is 36.6 Å².